The van der Waals surface area contributed by atoms with Crippen LogP contribution >= 0.6 is 0 Å². The number of aromatic nitrogens is 2. The molecule has 0 unspecified atom stereocenters. The van der Waals surface area contributed by atoms with E-state index in [-0.39, 0.29) is 0 Å². The van der Waals surface area contributed by atoms with Gasteiger partial charge in [-0.3, -0.25) is 0 Å². The lowest BCUT2D eigenvalue weighted by Gasteiger charge is -2.24. The molecule has 0 aliphatic heterocycles. The van der Waals surface area contributed by atoms with Crippen molar-refractivity contribution in [1.82, 2.24) is 10.2 Å². The molecule has 3 nitrogen and oxygen atoms in total. The average molecular weight is 348 g/mol. The van der Waals surface area contributed by atoms with Crippen LogP contribution in [0.15, 0.2) is 36.4 Å². The molecule has 0 radical (unpaired) electrons. The SMILES string of the molecule is CCCN(CCC)c1nnc(-c2c(C)cc(C)cc2C)c2ccccc12. The molecular formula is C23H29N3. The molecule has 3 heteroatoms. The summed E-state index contributed by atoms with van der Waals surface area (Å²) in [5.41, 5.74) is 6.01. The molecule has 1 aromatic heterocycles. The first-order chi connectivity index (χ1) is 12.6. The molecule has 0 aliphatic carbocycles. The van der Waals surface area contributed by atoms with Gasteiger partial charge in [0.05, 0.1) is 0 Å². The Balaban J connectivity index is 2.24. The molecule has 0 fully saturated rings. The van der Waals surface area contributed by atoms with Gasteiger partial charge in [-0.1, -0.05) is 55.8 Å². The molecular weight excluding hydrogens is 318 g/mol. The van der Waals surface area contributed by atoms with Crippen LogP contribution in [-0.2, 0) is 0 Å². The van der Waals surface area contributed by atoms with E-state index in [9.17, 15) is 0 Å². The third kappa shape index (κ3) is 3.44. The van der Waals surface area contributed by atoms with Gasteiger partial charge in [0.25, 0.3) is 0 Å². The van der Waals surface area contributed by atoms with Crippen LogP contribution in [-0.4, -0.2) is 23.3 Å². The van der Waals surface area contributed by atoms with Gasteiger partial charge in [-0.15, -0.1) is 10.2 Å². The summed E-state index contributed by atoms with van der Waals surface area (Å²) in [6.07, 6.45) is 2.21. The van der Waals surface area contributed by atoms with Gasteiger partial charge in [-0.05, 0) is 44.7 Å². The van der Waals surface area contributed by atoms with Crippen LogP contribution in [0, 0.1) is 20.8 Å². The van der Waals surface area contributed by atoms with Crippen LogP contribution in [0.5, 0.6) is 0 Å². The van der Waals surface area contributed by atoms with E-state index in [1.165, 1.54) is 33.0 Å². The lowest BCUT2D eigenvalue weighted by atomic mass is 9.94. The van der Waals surface area contributed by atoms with Crippen molar-refractivity contribution in [3.8, 4) is 11.3 Å². The summed E-state index contributed by atoms with van der Waals surface area (Å²) >= 11 is 0. The minimum atomic E-state index is 0.993. The molecule has 0 saturated heterocycles. The molecule has 3 rings (SSSR count). The van der Waals surface area contributed by atoms with Gasteiger partial charge in [-0.25, -0.2) is 0 Å². The van der Waals surface area contributed by atoms with Crippen LogP contribution in [0.25, 0.3) is 22.0 Å². The van der Waals surface area contributed by atoms with Crippen LogP contribution in [0.3, 0.4) is 0 Å². The van der Waals surface area contributed by atoms with Crippen LogP contribution < -0.4 is 4.90 Å². The van der Waals surface area contributed by atoms with E-state index in [1.807, 2.05) is 0 Å². The highest BCUT2D eigenvalue weighted by Crippen LogP contribution is 2.35. The summed E-state index contributed by atoms with van der Waals surface area (Å²) < 4.78 is 0. The van der Waals surface area contributed by atoms with Crippen molar-refractivity contribution in [2.24, 2.45) is 0 Å². The van der Waals surface area contributed by atoms with E-state index in [0.717, 1.165) is 37.4 Å². The van der Waals surface area contributed by atoms with E-state index in [2.05, 4.69) is 75.9 Å². The number of hydrogen-bond donors (Lipinski definition) is 0. The molecule has 0 bridgehead atoms. The molecule has 0 amide bonds. The third-order valence-electron chi connectivity index (χ3n) is 4.87. The summed E-state index contributed by atoms with van der Waals surface area (Å²) in [6.45, 7) is 12.9. The standard InChI is InChI=1S/C23H29N3/c1-6-12-26(13-7-2)23-20-11-9-8-10-19(20)22(24-25-23)21-17(4)14-16(3)15-18(21)5/h8-11,14-15H,6-7,12-13H2,1-5H3. The lowest BCUT2D eigenvalue weighted by molar-refractivity contribution is 0.730. The lowest BCUT2D eigenvalue weighted by Crippen LogP contribution is -2.26. The molecule has 1 heterocycles. The number of benzene rings is 2. The highest BCUT2D eigenvalue weighted by Gasteiger charge is 2.17. The maximum absolute atomic E-state index is 4.72. The molecule has 0 aliphatic rings. The fourth-order valence-electron chi connectivity index (χ4n) is 3.92. The molecule has 3 aromatic rings. The monoisotopic (exact) mass is 347 g/mol. The number of nitrogens with zero attached hydrogens (tertiary/aromatic N) is 3. The van der Waals surface area contributed by atoms with Gasteiger partial charge in [0, 0.05) is 29.4 Å². The molecule has 0 saturated carbocycles. The first-order valence-electron chi connectivity index (χ1n) is 9.65. The van der Waals surface area contributed by atoms with Crippen molar-refractivity contribution in [3.63, 3.8) is 0 Å². The molecule has 0 atom stereocenters. The minimum absolute atomic E-state index is 0.993. The quantitative estimate of drug-likeness (QED) is 0.560. The topological polar surface area (TPSA) is 29.0 Å². The number of aryl methyl sites for hydroxylation is 3. The predicted molar refractivity (Wildman–Crippen MR) is 112 cm³/mol. The van der Waals surface area contributed by atoms with Gasteiger partial charge >= 0.3 is 0 Å². The van der Waals surface area contributed by atoms with Gasteiger partial charge in [-0.2, -0.15) is 0 Å². The Morgan fingerprint density at radius 2 is 1.38 bits per heavy atom. The largest absolute Gasteiger partial charge is 0.355 e. The van der Waals surface area contributed by atoms with Crippen molar-refractivity contribution < 1.29 is 0 Å². The summed E-state index contributed by atoms with van der Waals surface area (Å²) in [4.78, 5) is 2.37. The maximum Gasteiger partial charge on any atom is 0.159 e. The summed E-state index contributed by atoms with van der Waals surface area (Å²) in [6, 6.07) is 13.0. The fraction of sp³-hybridized carbons (Fsp3) is 0.391. The molecule has 26 heavy (non-hydrogen) atoms. The van der Waals surface area contributed by atoms with Crippen molar-refractivity contribution in [2.75, 3.05) is 18.0 Å². The summed E-state index contributed by atoms with van der Waals surface area (Å²) in [7, 11) is 0. The Bertz CT molecular complexity index is 885. The maximum atomic E-state index is 4.72. The summed E-state index contributed by atoms with van der Waals surface area (Å²) in [5.74, 6) is 1.01. The second-order valence-electron chi connectivity index (χ2n) is 7.18. The van der Waals surface area contributed by atoms with Crippen molar-refractivity contribution in [2.45, 2.75) is 47.5 Å². The Morgan fingerprint density at radius 1 is 0.808 bits per heavy atom. The number of fused-ring (bicyclic) bond motifs is 1. The number of rotatable bonds is 6. The number of hydrogen-bond acceptors (Lipinski definition) is 3. The van der Waals surface area contributed by atoms with Crippen LogP contribution in [0.1, 0.15) is 43.4 Å². The van der Waals surface area contributed by atoms with E-state index in [0.29, 0.717) is 0 Å². The highest BCUT2D eigenvalue weighted by molar-refractivity contribution is 6.01. The van der Waals surface area contributed by atoms with Crippen molar-refractivity contribution >= 4 is 16.6 Å². The van der Waals surface area contributed by atoms with Crippen LogP contribution in [0.2, 0.25) is 0 Å². The average Bonchev–Trinajstić information content (AvgIpc) is 2.61. The third-order valence-corrected chi connectivity index (χ3v) is 4.87. The second kappa shape index (κ2) is 7.86. The highest BCUT2D eigenvalue weighted by atomic mass is 15.3. The Morgan fingerprint density at radius 3 is 1.96 bits per heavy atom. The zero-order valence-electron chi connectivity index (χ0n) is 16.6. The molecule has 0 N–H and O–H groups in total. The normalized spacial score (nSPS) is 11.1. The summed E-state index contributed by atoms with van der Waals surface area (Å²) in [5, 5.41) is 11.8. The second-order valence-corrected chi connectivity index (χ2v) is 7.18. The van der Waals surface area contributed by atoms with Gasteiger partial charge < -0.3 is 4.90 Å². The smallest absolute Gasteiger partial charge is 0.159 e. The first kappa shape index (κ1) is 18.4. The zero-order valence-corrected chi connectivity index (χ0v) is 16.6. The van der Waals surface area contributed by atoms with Gasteiger partial charge in [0.2, 0.25) is 0 Å². The Kier molecular flexibility index (Phi) is 5.55. The molecule has 0 spiro atoms. The van der Waals surface area contributed by atoms with Gasteiger partial charge in [0.1, 0.15) is 5.69 Å². The Hall–Kier alpha value is -2.42. The van der Waals surface area contributed by atoms with E-state index in [1.54, 1.807) is 0 Å². The van der Waals surface area contributed by atoms with Gasteiger partial charge in [0.15, 0.2) is 5.82 Å². The number of anilines is 1. The zero-order chi connectivity index (χ0) is 18.7. The predicted octanol–water partition coefficient (Wildman–Crippen LogP) is 5.85. The van der Waals surface area contributed by atoms with Crippen molar-refractivity contribution in [3.05, 3.63) is 53.1 Å². The van der Waals surface area contributed by atoms with E-state index < -0.39 is 0 Å². The van der Waals surface area contributed by atoms with E-state index >= 15 is 0 Å². The Labute approximate surface area is 157 Å². The first-order valence-corrected chi connectivity index (χ1v) is 9.65. The molecule has 136 valence electrons. The molecule has 2 aromatic carbocycles. The fourth-order valence-corrected chi connectivity index (χ4v) is 3.92. The van der Waals surface area contributed by atoms with Crippen molar-refractivity contribution in [1.29, 1.82) is 0 Å². The van der Waals surface area contributed by atoms with Crippen LogP contribution in [0.4, 0.5) is 5.82 Å². The van der Waals surface area contributed by atoms with E-state index in [4.69, 9.17) is 10.2 Å². The minimum Gasteiger partial charge on any atom is -0.355 e.